The summed E-state index contributed by atoms with van der Waals surface area (Å²) in [6, 6.07) is 0.135. The molecule has 1 saturated carbocycles. The number of likely N-dealkylation sites (N-methyl/N-ethyl adjacent to an activating group) is 1. The summed E-state index contributed by atoms with van der Waals surface area (Å²) in [5.74, 6) is -1.81. The Morgan fingerprint density at radius 1 is 1.05 bits per heavy atom. The van der Waals surface area contributed by atoms with Crippen molar-refractivity contribution in [3.05, 3.63) is 0 Å². The van der Waals surface area contributed by atoms with Gasteiger partial charge in [-0.15, -0.1) is 0 Å². The number of nitrogens with one attached hydrogen (secondary N) is 1. The Morgan fingerprint density at radius 2 is 1.60 bits per heavy atom. The van der Waals surface area contributed by atoms with E-state index in [9.17, 15) is 18.0 Å². The monoisotopic (exact) mass is 293 g/mol. The normalized spacial score (nSPS) is 30.2. The molecule has 4 nitrogen and oxygen atoms in total. The maximum Gasteiger partial charge on any atom is 0.471 e. The summed E-state index contributed by atoms with van der Waals surface area (Å²) < 4.78 is 36.6. The Hall–Kier alpha value is -0.820. The number of amides is 1. The van der Waals surface area contributed by atoms with Crippen molar-refractivity contribution in [1.82, 2.24) is 15.1 Å². The molecular weight excluding hydrogens is 271 g/mol. The Morgan fingerprint density at radius 3 is 2.10 bits per heavy atom. The van der Waals surface area contributed by atoms with Gasteiger partial charge in [0, 0.05) is 38.3 Å². The molecule has 0 bridgehead atoms. The predicted molar refractivity (Wildman–Crippen MR) is 69.3 cm³/mol. The van der Waals surface area contributed by atoms with Gasteiger partial charge in [-0.05, 0) is 32.7 Å². The molecule has 0 spiro atoms. The minimum absolute atomic E-state index is 0.326. The molecule has 1 N–H and O–H groups in total. The van der Waals surface area contributed by atoms with E-state index in [-0.39, 0.29) is 6.04 Å². The van der Waals surface area contributed by atoms with Gasteiger partial charge in [0.15, 0.2) is 0 Å². The van der Waals surface area contributed by atoms with Gasteiger partial charge in [0.25, 0.3) is 0 Å². The number of alkyl halides is 3. The molecule has 0 aromatic heterocycles. The number of halogens is 3. The summed E-state index contributed by atoms with van der Waals surface area (Å²) in [6.07, 6.45) is -1.76. The second-order valence-electron chi connectivity index (χ2n) is 5.82. The third-order valence-electron chi connectivity index (χ3n) is 4.34. The first-order chi connectivity index (χ1) is 9.36. The highest BCUT2D eigenvalue weighted by Crippen LogP contribution is 2.25. The van der Waals surface area contributed by atoms with E-state index >= 15 is 0 Å². The molecule has 1 aliphatic carbocycles. The minimum Gasteiger partial charge on any atom is -0.346 e. The van der Waals surface area contributed by atoms with Crippen LogP contribution in [-0.2, 0) is 4.79 Å². The van der Waals surface area contributed by atoms with Crippen LogP contribution in [0.1, 0.15) is 25.7 Å². The topological polar surface area (TPSA) is 35.6 Å². The lowest BCUT2D eigenvalue weighted by Gasteiger charge is -2.41. The van der Waals surface area contributed by atoms with E-state index in [1.807, 2.05) is 0 Å². The van der Waals surface area contributed by atoms with Gasteiger partial charge in [-0.2, -0.15) is 13.2 Å². The number of piperazine rings is 1. The zero-order valence-electron chi connectivity index (χ0n) is 11.7. The zero-order chi connectivity index (χ0) is 14.8. The van der Waals surface area contributed by atoms with E-state index in [1.165, 1.54) is 0 Å². The lowest BCUT2D eigenvalue weighted by Crippen LogP contribution is -2.52. The predicted octanol–water partition coefficient (Wildman–Crippen LogP) is 1.22. The van der Waals surface area contributed by atoms with Crippen molar-refractivity contribution in [2.45, 2.75) is 43.9 Å². The van der Waals surface area contributed by atoms with Crippen LogP contribution in [0.15, 0.2) is 0 Å². The smallest absolute Gasteiger partial charge is 0.346 e. The van der Waals surface area contributed by atoms with Gasteiger partial charge in [-0.3, -0.25) is 9.69 Å². The maximum atomic E-state index is 12.2. The first-order valence-corrected chi connectivity index (χ1v) is 7.16. The second kappa shape index (κ2) is 6.30. The Balaban J connectivity index is 1.74. The summed E-state index contributed by atoms with van der Waals surface area (Å²) in [6.45, 7) is 4.15. The molecule has 1 amide bonds. The molecule has 2 rings (SSSR count). The number of carbonyl (C=O) groups is 1. The number of hydrogen-bond donors (Lipinski definition) is 1. The van der Waals surface area contributed by atoms with Crippen LogP contribution in [0.25, 0.3) is 0 Å². The van der Waals surface area contributed by atoms with Crippen LogP contribution in [0.3, 0.4) is 0 Å². The van der Waals surface area contributed by atoms with E-state index in [1.54, 1.807) is 0 Å². The van der Waals surface area contributed by atoms with Crippen molar-refractivity contribution < 1.29 is 18.0 Å². The Labute approximate surface area is 117 Å². The van der Waals surface area contributed by atoms with E-state index in [0.29, 0.717) is 18.9 Å². The quantitative estimate of drug-likeness (QED) is 0.831. The molecule has 0 unspecified atom stereocenters. The van der Waals surface area contributed by atoms with Crippen LogP contribution >= 0.6 is 0 Å². The van der Waals surface area contributed by atoms with E-state index < -0.39 is 12.1 Å². The Kier molecular flexibility index (Phi) is 4.90. The summed E-state index contributed by atoms with van der Waals surface area (Å²) in [4.78, 5) is 15.6. The number of rotatable bonds is 2. The van der Waals surface area contributed by atoms with Gasteiger partial charge < -0.3 is 10.2 Å². The molecule has 20 heavy (non-hydrogen) atoms. The van der Waals surface area contributed by atoms with Gasteiger partial charge in [-0.1, -0.05) is 0 Å². The maximum absolute atomic E-state index is 12.2. The fourth-order valence-corrected chi connectivity index (χ4v) is 3.04. The van der Waals surface area contributed by atoms with Gasteiger partial charge in [0.2, 0.25) is 0 Å². The molecule has 2 fully saturated rings. The minimum atomic E-state index is -4.77. The number of hydrogen-bond acceptors (Lipinski definition) is 3. The highest BCUT2D eigenvalue weighted by molar-refractivity contribution is 5.81. The Bertz CT molecular complexity index is 332. The summed E-state index contributed by atoms with van der Waals surface area (Å²) in [7, 11) is 2.10. The molecule has 0 aromatic carbocycles. The van der Waals surface area contributed by atoms with Crippen LogP contribution in [0.5, 0.6) is 0 Å². The van der Waals surface area contributed by atoms with Crippen molar-refractivity contribution in [3.63, 3.8) is 0 Å². The average Bonchev–Trinajstić information content (AvgIpc) is 2.39. The van der Waals surface area contributed by atoms with Crippen molar-refractivity contribution in [2.24, 2.45) is 0 Å². The van der Waals surface area contributed by atoms with Crippen molar-refractivity contribution in [2.75, 3.05) is 33.2 Å². The molecule has 0 aromatic rings. The van der Waals surface area contributed by atoms with Crippen molar-refractivity contribution in [3.8, 4) is 0 Å². The van der Waals surface area contributed by atoms with E-state index in [4.69, 9.17) is 0 Å². The van der Waals surface area contributed by atoms with Crippen molar-refractivity contribution >= 4 is 5.91 Å². The average molecular weight is 293 g/mol. The third-order valence-corrected chi connectivity index (χ3v) is 4.34. The number of carbonyl (C=O) groups excluding carboxylic acids is 1. The fourth-order valence-electron chi connectivity index (χ4n) is 3.04. The molecule has 1 aliphatic heterocycles. The zero-order valence-corrected chi connectivity index (χ0v) is 11.7. The van der Waals surface area contributed by atoms with Crippen LogP contribution in [0.4, 0.5) is 13.2 Å². The van der Waals surface area contributed by atoms with Crippen LogP contribution in [0.2, 0.25) is 0 Å². The van der Waals surface area contributed by atoms with Crippen LogP contribution < -0.4 is 5.32 Å². The standard InChI is InChI=1S/C13H22F3N3O/c1-18-6-8-19(9-7-18)11-4-2-10(3-5-11)17-12(20)13(14,15)16/h10-11H,2-9H2,1H3,(H,17,20). The molecule has 2 aliphatic rings. The first kappa shape index (κ1) is 15.6. The molecule has 0 radical (unpaired) electrons. The lowest BCUT2D eigenvalue weighted by molar-refractivity contribution is -0.174. The van der Waals surface area contributed by atoms with Gasteiger partial charge in [-0.25, -0.2) is 0 Å². The second-order valence-corrected chi connectivity index (χ2v) is 5.82. The van der Waals surface area contributed by atoms with Gasteiger partial charge >= 0.3 is 12.1 Å². The van der Waals surface area contributed by atoms with Crippen LogP contribution in [0, 0.1) is 0 Å². The van der Waals surface area contributed by atoms with Crippen LogP contribution in [-0.4, -0.2) is 67.2 Å². The number of nitrogens with zero attached hydrogens (tertiary/aromatic N) is 2. The SMILES string of the molecule is CN1CCN(C2CCC(NC(=O)C(F)(F)F)CC2)CC1. The van der Waals surface area contributed by atoms with Gasteiger partial charge in [0.1, 0.15) is 0 Å². The van der Waals surface area contributed by atoms with E-state index in [0.717, 1.165) is 39.0 Å². The third kappa shape index (κ3) is 4.09. The lowest BCUT2D eigenvalue weighted by atomic mass is 9.89. The molecule has 7 heteroatoms. The van der Waals surface area contributed by atoms with Gasteiger partial charge in [0.05, 0.1) is 0 Å². The molecular formula is C13H22F3N3O. The summed E-state index contributed by atoms with van der Waals surface area (Å²) in [5.41, 5.74) is 0. The largest absolute Gasteiger partial charge is 0.471 e. The molecule has 1 saturated heterocycles. The summed E-state index contributed by atoms with van der Waals surface area (Å²) in [5, 5.41) is 2.10. The fraction of sp³-hybridized carbons (Fsp3) is 0.923. The molecule has 116 valence electrons. The van der Waals surface area contributed by atoms with E-state index in [2.05, 4.69) is 22.2 Å². The molecule has 1 heterocycles. The highest BCUT2D eigenvalue weighted by Gasteiger charge is 2.40. The first-order valence-electron chi connectivity index (χ1n) is 7.16. The highest BCUT2D eigenvalue weighted by atomic mass is 19.4. The molecule has 0 atom stereocenters. The van der Waals surface area contributed by atoms with Crippen molar-refractivity contribution in [1.29, 1.82) is 0 Å². The summed E-state index contributed by atoms with van der Waals surface area (Å²) >= 11 is 0.